The highest BCUT2D eigenvalue weighted by molar-refractivity contribution is 6.21. The number of fused-ring (bicyclic) bond motifs is 1. The second-order valence-corrected chi connectivity index (χ2v) is 4.62. The van der Waals surface area contributed by atoms with E-state index in [1.807, 2.05) is 0 Å². The van der Waals surface area contributed by atoms with E-state index in [2.05, 4.69) is 5.32 Å². The first-order valence-corrected chi connectivity index (χ1v) is 6.42. The van der Waals surface area contributed by atoms with Crippen molar-refractivity contribution < 1.29 is 14.7 Å². The molecule has 2 N–H and O–H groups in total. The van der Waals surface area contributed by atoms with Crippen LogP contribution in [0, 0.1) is 0 Å². The van der Waals surface area contributed by atoms with Gasteiger partial charge < -0.3 is 10.4 Å². The minimum atomic E-state index is -0.217. The van der Waals surface area contributed by atoms with Gasteiger partial charge in [0.05, 0.1) is 17.7 Å². The molecule has 2 rings (SSSR count). The molecule has 2 amide bonds. The highest BCUT2D eigenvalue weighted by Crippen LogP contribution is 2.22. The van der Waals surface area contributed by atoms with E-state index in [4.69, 9.17) is 5.11 Å². The van der Waals surface area contributed by atoms with E-state index in [-0.39, 0.29) is 24.5 Å². The number of aliphatic hydroxyl groups excluding tert-OH is 1. The van der Waals surface area contributed by atoms with Crippen LogP contribution in [0.1, 0.15) is 33.6 Å². The van der Waals surface area contributed by atoms with Crippen molar-refractivity contribution in [3.8, 4) is 0 Å². The Morgan fingerprint density at radius 2 is 1.79 bits per heavy atom. The molecule has 0 aromatic heterocycles. The Bertz CT molecular complexity index is 448. The molecule has 0 spiro atoms. The third kappa shape index (κ3) is 2.67. The Balaban J connectivity index is 1.97. The van der Waals surface area contributed by atoms with Crippen LogP contribution < -0.4 is 5.32 Å². The molecule has 5 nitrogen and oxygen atoms in total. The molecule has 0 bridgehead atoms. The number of aliphatic hydroxyl groups is 1. The van der Waals surface area contributed by atoms with Crippen molar-refractivity contribution in [2.75, 3.05) is 20.2 Å². The van der Waals surface area contributed by atoms with E-state index in [9.17, 15) is 9.59 Å². The number of amides is 2. The van der Waals surface area contributed by atoms with Crippen LogP contribution in [-0.4, -0.2) is 48.1 Å². The van der Waals surface area contributed by atoms with Crippen LogP contribution in [0.25, 0.3) is 0 Å². The van der Waals surface area contributed by atoms with E-state index in [1.54, 1.807) is 31.3 Å². The molecule has 1 heterocycles. The molecule has 0 aliphatic carbocycles. The van der Waals surface area contributed by atoms with Crippen molar-refractivity contribution in [1.82, 2.24) is 10.2 Å². The lowest BCUT2D eigenvalue weighted by molar-refractivity contribution is 0.0649. The van der Waals surface area contributed by atoms with Gasteiger partial charge in [0.15, 0.2) is 0 Å². The zero-order chi connectivity index (χ0) is 13.8. The molecule has 19 heavy (non-hydrogen) atoms. The summed E-state index contributed by atoms with van der Waals surface area (Å²) >= 11 is 0. The van der Waals surface area contributed by atoms with E-state index in [0.29, 0.717) is 24.1 Å². The highest BCUT2D eigenvalue weighted by atomic mass is 16.3. The summed E-state index contributed by atoms with van der Waals surface area (Å²) < 4.78 is 0. The summed E-state index contributed by atoms with van der Waals surface area (Å²) in [5.41, 5.74) is 0.972. The first kappa shape index (κ1) is 13.7. The summed E-state index contributed by atoms with van der Waals surface area (Å²) in [6.45, 7) is 0.448. The number of hydrogen-bond acceptors (Lipinski definition) is 4. The molecular formula is C14H18N2O3. The molecule has 1 aromatic carbocycles. The first-order valence-electron chi connectivity index (χ1n) is 6.42. The summed E-state index contributed by atoms with van der Waals surface area (Å²) in [6, 6.07) is 6.89. The van der Waals surface area contributed by atoms with Crippen molar-refractivity contribution in [2.24, 2.45) is 0 Å². The molecule has 5 heteroatoms. The number of likely N-dealkylation sites (N-methyl/N-ethyl adjacent to an activating group) is 1. The van der Waals surface area contributed by atoms with Crippen LogP contribution in [0.3, 0.4) is 0 Å². The molecule has 1 aliphatic rings. The van der Waals surface area contributed by atoms with Gasteiger partial charge in [0.2, 0.25) is 0 Å². The number of carbonyl (C=O) groups is 2. The quantitative estimate of drug-likeness (QED) is 0.738. The lowest BCUT2D eigenvalue weighted by atomic mass is 10.1. The maximum absolute atomic E-state index is 12.1. The molecule has 0 saturated carbocycles. The van der Waals surface area contributed by atoms with Crippen molar-refractivity contribution >= 4 is 11.8 Å². The lowest BCUT2D eigenvalue weighted by Crippen LogP contribution is -2.33. The Kier molecular flexibility index (Phi) is 4.29. The Morgan fingerprint density at radius 1 is 1.21 bits per heavy atom. The second-order valence-electron chi connectivity index (χ2n) is 4.62. The van der Waals surface area contributed by atoms with Gasteiger partial charge in [-0.2, -0.15) is 0 Å². The monoisotopic (exact) mass is 262 g/mol. The largest absolute Gasteiger partial charge is 0.395 e. The van der Waals surface area contributed by atoms with Crippen molar-refractivity contribution in [3.63, 3.8) is 0 Å². The van der Waals surface area contributed by atoms with Gasteiger partial charge in [-0.05, 0) is 32.0 Å². The van der Waals surface area contributed by atoms with E-state index in [1.165, 1.54) is 4.90 Å². The average molecular weight is 262 g/mol. The second kappa shape index (κ2) is 5.95. The molecule has 1 atom stereocenters. The zero-order valence-electron chi connectivity index (χ0n) is 10.9. The Morgan fingerprint density at radius 3 is 2.26 bits per heavy atom. The standard InChI is InChI=1S/C14H18N2O3/c1-15-10(9-17)5-4-8-16-13(18)11-6-2-3-7-12(11)14(16)19/h2-3,6-7,10,15,17H,4-5,8-9H2,1H3. The fourth-order valence-electron chi connectivity index (χ4n) is 2.26. The molecule has 0 fully saturated rings. The van der Waals surface area contributed by atoms with Gasteiger partial charge in [0, 0.05) is 12.6 Å². The maximum atomic E-state index is 12.1. The van der Waals surface area contributed by atoms with Crippen LogP contribution in [-0.2, 0) is 0 Å². The Hall–Kier alpha value is -1.72. The van der Waals surface area contributed by atoms with E-state index in [0.717, 1.165) is 6.42 Å². The summed E-state index contributed by atoms with van der Waals surface area (Å²) in [7, 11) is 1.78. The van der Waals surface area contributed by atoms with Gasteiger partial charge in [-0.25, -0.2) is 0 Å². The highest BCUT2D eigenvalue weighted by Gasteiger charge is 2.34. The topological polar surface area (TPSA) is 69.6 Å². The average Bonchev–Trinajstić information content (AvgIpc) is 2.69. The van der Waals surface area contributed by atoms with Gasteiger partial charge >= 0.3 is 0 Å². The number of carbonyl (C=O) groups excluding carboxylic acids is 2. The Labute approximate surface area is 112 Å². The SMILES string of the molecule is CNC(CO)CCCN1C(=O)c2ccccc2C1=O. The van der Waals surface area contributed by atoms with Crippen LogP contribution in [0.2, 0.25) is 0 Å². The molecular weight excluding hydrogens is 244 g/mol. The number of rotatable bonds is 6. The maximum Gasteiger partial charge on any atom is 0.261 e. The number of benzene rings is 1. The van der Waals surface area contributed by atoms with Crippen LogP contribution in [0.15, 0.2) is 24.3 Å². The summed E-state index contributed by atoms with van der Waals surface area (Å²) in [5, 5.41) is 12.0. The predicted octanol–water partition coefficient (Wildman–Crippen LogP) is 0.643. The summed E-state index contributed by atoms with van der Waals surface area (Å²) in [6.07, 6.45) is 1.40. The van der Waals surface area contributed by atoms with Crippen molar-refractivity contribution in [2.45, 2.75) is 18.9 Å². The zero-order valence-corrected chi connectivity index (χ0v) is 10.9. The van der Waals surface area contributed by atoms with Crippen LogP contribution >= 0.6 is 0 Å². The number of nitrogens with one attached hydrogen (secondary N) is 1. The van der Waals surface area contributed by atoms with Gasteiger partial charge in [-0.3, -0.25) is 14.5 Å². The van der Waals surface area contributed by atoms with Crippen LogP contribution in [0.5, 0.6) is 0 Å². The molecule has 0 radical (unpaired) electrons. The van der Waals surface area contributed by atoms with E-state index < -0.39 is 0 Å². The van der Waals surface area contributed by atoms with Gasteiger partial charge in [0.25, 0.3) is 11.8 Å². The number of nitrogens with zero attached hydrogens (tertiary/aromatic N) is 1. The van der Waals surface area contributed by atoms with Gasteiger partial charge in [-0.15, -0.1) is 0 Å². The third-order valence-electron chi connectivity index (χ3n) is 3.44. The smallest absolute Gasteiger partial charge is 0.261 e. The minimum Gasteiger partial charge on any atom is -0.395 e. The van der Waals surface area contributed by atoms with Crippen molar-refractivity contribution in [3.05, 3.63) is 35.4 Å². The van der Waals surface area contributed by atoms with Gasteiger partial charge in [0.1, 0.15) is 0 Å². The fraction of sp³-hybridized carbons (Fsp3) is 0.429. The number of imide groups is 1. The predicted molar refractivity (Wildman–Crippen MR) is 71.0 cm³/mol. The fourth-order valence-corrected chi connectivity index (χ4v) is 2.26. The normalized spacial score (nSPS) is 15.8. The number of hydrogen-bond donors (Lipinski definition) is 2. The van der Waals surface area contributed by atoms with Crippen LogP contribution in [0.4, 0.5) is 0 Å². The molecule has 1 aliphatic heterocycles. The van der Waals surface area contributed by atoms with Crippen molar-refractivity contribution in [1.29, 1.82) is 0 Å². The molecule has 1 unspecified atom stereocenters. The molecule has 1 aromatic rings. The third-order valence-corrected chi connectivity index (χ3v) is 3.44. The summed E-state index contributed by atoms with van der Waals surface area (Å²) in [5.74, 6) is -0.434. The summed E-state index contributed by atoms with van der Waals surface area (Å²) in [4.78, 5) is 25.4. The molecule has 0 saturated heterocycles. The first-order chi connectivity index (χ1) is 9.19. The van der Waals surface area contributed by atoms with Gasteiger partial charge in [-0.1, -0.05) is 12.1 Å². The minimum absolute atomic E-state index is 0.00943. The lowest BCUT2D eigenvalue weighted by Gasteiger charge is -2.16. The molecule has 102 valence electrons. The van der Waals surface area contributed by atoms with E-state index >= 15 is 0 Å².